The van der Waals surface area contributed by atoms with Crippen molar-refractivity contribution in [2.75, 3.05) is 94.1 Å². The molecule has 58 heavy (non-hydrogen) atoms. The van der Waals surface area contributed by atoms with Gasteiger partial charge in [0.05, 0.1) is 44.9 Å². The van der Waals surface area contributed by atoms with Crippen molar-refractivity contribution < 1.29 is 58.0 Å². The summed E-state index contributed by atoms with van der Waals surface area (Å²) >= 11 is 0. The van der Waals surface area contributed by atoms with Crippen molar-refractivity contribution in [1.82, 2.24) is 9.80 Å². The van der Waals surface area contributed by atoms with E-state index in [1.165, 1.54) is 17.0 Å². The first-order valence-electron chi connectivity index (χ1n) is 17.8. The van der Waals surface area contributed by atoms with Crippen LogP contribution in [0.5, 0.6) is 0 Å². The second-order valence-electron chi connectivity index (χ2n) is 13.4. The van der Waals surface area contributed by atoms with Crippen molar-refractivity contribution in [2.24, 2.45) is 20.3 Å². The molecule has 3 fully saturated rings. The van der Waals surface area contributed by atoms with Gasteiger partial charge in [0.2, 0.25) is 0 Å². The largest absolute Gasteiger partial charge is 0.466 e. The highest BCUT2D eigenvalue weighted by Crippen LogP contribution is 2.24. The van der Waals surface area contributed by atoms with Crippen LogP contribution in [0.1, 0.15) is 24.5 Å². The number of amidine groups is 2. The van der Waals surface area contributed by atoms with Crippen LogP contribution >= 0.6 is 0 Å². The van der Waals surface area contributed by atoms with E-state index in [-0.39, 0.29) is 36.9 Å². The van der Waals surface area contributed by atoms with Gasteiger partial charge in [0, 0.05) is 61.8 Å². The van der Waals surface area contributed by atoms with Crippen LogP contribution in [-0.4, -0.2) is 161 Å². The van der Waals surface area contributed by atoms with Crippen LogP contribution in [0.15, 0.2) is 57.3 Å². The predicted octanol–water partition coefficient (Wildman–Crippen LogP) is -0.0996. The summed E-state index contributed by atoms with van der Waals surface area (Å²) in [4.78, 5) is 43.1. The normalized spacial score (nSPS) is 20.0. The monoisotopic (exact) mass is 872 g/mol. The maximum Gasteiger partial charge on any atom is 0.414 e. The molecule has 3 saturated heterocycles. The molecule has 320 valence electrons. The number of benzene rings is 2. The summed E-state index contributed by atoms with van der Waals surface area (Å²) < 4.78 is 93.7. The van der Waals surface area contributed by atoms with E-state index in [0.717, 1.165) is 44.9 Å². The smallest absolute Gasteiger partial charge is 0.414 e. The van der Waals surface area contributed by atoms with Crippen molar-refractivity contribution in [3.05, 3.63) is 59.7 Å². The molecule has 5 rings (SSSR count). The van der Waals surface area contributed by atoms with Crippen LogP contribution in [-0.2, 0) is 53.4 Å². The Labute approximate surface area is 337 Å². The molecule has 0 saturated carbocycles. The lowest BCUT2D eigenvalue weighted by atomic mass is 10.2. The first-order valence-corrected chi connectivity index (χ1v) is 23.3. The highest BCUT2D eigenvalue weighted by Gasteiger charge is 2.35. The zero-order valence-corrected chi connectivity index (χ0v) is 34.9. The highest BCUT2D eigenvalue weighted by atomic mass is 32.2. The number of rotatable bonds is 15. The van der Waals surface area contributed by atoms with Gasteiger partial charge >= 0.3 is 18.2 Å². The fourth-order valence-electron chi connectivity index (χ4n) is 5.90. The molecule has 0 radical (unpaired) electrons. The molecule has 2 amide bonds. The number of amides is 2. The Balaban J connectivity index is 0.000000267. The SMILES string of the molecule is CCOC(=O)CCN1CCN(CC2CN(c3ccc(C(N)=NS(C)(=O)=O)cc3)C(=O)O2)CC1.CS(=O)(=O)N=C(N)c1ccc(N2CC(COS(C)(=O)=O)OC2=O)cc1. The molecular formula is C34H48N8O13S3. The molecule has 21 nitrogen and oxygen atoms in total. The van der Waals surface area contributed by atoms with Crippen molar-refractivity contribution in [3.8, 4) is 0 Å². The zero-order chi connectivity index (χ0) is 42.8. The van der Waals surface area contributed by atoms with Gasteiger partial charge in [-0.2, -0.15) is 8.42 Å². The minimum atomic E-state index is -3.63. The minimum Gasteiger partial charge on any atom is -0.466 e. The number of cyclic esters (lactones) is 2. The number of piperazine rings is 1. The summed E-state index contributed by atoms with van der Waals surface area (Å²) in [6.45, 7) is 7.17. The van der Waals surface area contributed by atoms with Gasteiger partial charge in [0.1, 0.15) is 30.5 Å². The first kappa shape index (κ1) is 45.8. The molecular weight excluding hydrogens is 825 g/mol. The molecule has 0 bridgehead atoms. The van der Waals surface area contributed by atoms with E-state index >= 15 is 0 Å². The molecule has 3 aliphatic heterocycles. The minimum absolute atomic E-state index is 0.104. The average Bonchev–Trinajstić information content (AvgIpc) is 3.70. The number of ether oxygens (including phenoxy) is 3. The van der Waals surface area contributed by atoms with Gasteiger partial charge in [-0.05, 0) is 55.5 Å². The summed E-state index contributed by atoms with van der Waals surface area (Å²) in [6, 6.07) is 12.7. The van der Waals surface area contributed by atoms with Gasteiger partial charge in [-0.15, -0.1) is 8.80 Å². The number of carbonyl (C=O) groups excluding carboxylic acids is 3. The van der Waals surface area contributed by atoms with E-state index in [9.17, 15) is 39.6 Å². The van der Waals surface area contributed by atoms with Crippen LogP contribution in [0.25, 0.3) is 0 Å². The molecule has 0 aromatic heterocycles. The number of sulfonamides is 2. The Kier molecular flexibility index (Phi) is 15.6. The van der Waals surface area contributed by atoms with E-state index in [1.807, 2.05) is 0 Å². The third kappa shape index (κ3) is 14.8. The average molecular weight is 873 g/mol. The van der Waals surface area contributed by atoms with Crippen LogP contribution in [0, 0.1) is 0 Å². The molecule has 2 unspecified atom stereocenters. The molecule has 3 heterocycles. The van der Waals surface area contributed by atoms with Crippen LogP contribution < -0.4 is 21.3 Å². The lowest BCUT2D eigenvalue weighted by Gasteiger charge is -2.35. The Hall–Kier alpha value is -4.88. The van der Waals surface area contributed by atoms with E-state index < -0.39 is 48.5 Å². The third-order valence-corrected chi connectivity index (χ3v) is 10.2. The number of hydrogen-bond acceptors (Lipinski definition) is 15. The quantitative estimate of drug-likeness (QED) is 0.0777. The van der Waals surface area contributed by atoms with Gasteiger partial charge in [0.25, 0.3) is 30.2 Å². The van der Waals surface area contributed by atoms with Gasteiger partial charge in [-0.3, -0.25) is 23.7 Å². The Bertz CT molecular complexity index is 2180. The van der Waals surface area contributed by atoms with Gasteiger partial charge in [-0.1, -0.05) is 0 Å². The fourth-order valence-corrected chi connectivity index (χ4v) is 7.22. The predicted molar refractivity (Wildman–Crippen MR) is 214 cm³/mol. The Morgan fingerprint density at radius 3 is 1.59 bits per heavy atom. The summed E-state index contributed by atoms with van der Waals surface area (Å²) in [5, 5.41) is 0. The van der Waals surface area contributed by atoms with Gasteiger partial charge in [0.15, 0.2) is 0 Å². The van der Waals surface area contributed by atoms with Crippen molar-refractivity contribution >= 4 is 71.4 Å². The molecule has 0 aliphatic carbocycles. The lowest BCUT2D eigenvalue weighted by Crippen LogP contribution is -2.49. The third-order valence-electron chi connectivity index (χ3n) is 8.56. The highest BCUT2D eigenvalue weighted by molar-refractivity contribution is 7.89. The number of anilines is 2. The molecule has 4 N–H and O–H groups in total. The standard InChI is InChI=1S/C21H31N5O6S.C13H17N3O7S2/c1-3-31-19(27)8-9-24-10-12-25(13-11-24)14-18-15-26(21(28)32-18)17-6-4-16(5-7-17)20(22)23-33(2,29)30;1-24(18,19)15-12(14)9-3-5-10(6-4-9)16-7-11(23-13(16)17)8-22-25(2,20)21/h4-7,18H,3,8-15H2,1-2H3,(H2,22,23);3-6,11H,7-8H2,1-2H3,(H2,14,15). The summed E-state index contributed by atoms with van der Waals surface area (Å²) in [5.41, 5.74) is 13.3. The number of nitrogens with two attached hydrogens (primary N) is 2. The topological polar surface area (TPSA) is 280 Å². The van der Waals surface area contributed by atoms with Gasteiger partial charge in [-0.25, -0.2) is 26.4 Å². The molecule has 0 spiro atoms. The first-order chi connectivity index (χ1) is 27.1. The van der Waals surface area contributed by atoms with Crippen LogP contribution in [0.3, 0.4) is 0 Å². The van der Waals surface area contributed by atoms with E-state index in [0.29, 0.717) is 55.2 Å². The molecule has 3 aliphatic rings. The zero-order valence-electron chi connectivity index (χ0n) is 32.4. The molecule has 2 atom stereocenters. The Morgan fingerprint density at radius 1 is 0.724 bits per heavy atom. The second kappa shape index (κ2) is 19.7. The maximum absolute atomic E-state index is 12.4. The second-order valence-corrected chi connectivity index (χ2v) is 18.4. The number of nitrogens with zero attached hydrogens (tertiary/aromatic N) is 6. The van der Waals surface area contributed by atoms with E-state index in [2.05, 4.69) is 22.8 Å². The number of hydrogen-bond donors (Lipinski definition) is 2. The molecule has 24 heteroatoms. The van der Waals surface area contributed by atoms with Crippen molar-refractivity contribution in [2.45, 2.75) is 25.6 Å². The van der Waals surface area contributed by atoms with Gasteiger partial charge < -0.3 is 30.6 Å². The van der Waals surface area contributed by atoms with Crippen LogP contribution in [0.4, 0.5) is 21.0 Å². The van der Waals surface area contributed by atoms with E-state index in [4.69, 9.17) is 25.7 Å². The molecule has 2 aromatic carbocycles. The van der Waals surface area contributed by atoms with Crippen molar-refractivity contribution in [3.63, 3.8) is 0 Å². The van der Waals surface area contributed by atoms with Crippen molar-refractivity contribution in [1.29, 1.82) is 0 Å². The fraction of sp³-hybridized carbons (Fsp3) is 0.500. The van der Waals surface area contributed by atoms with Crippen LogP contribution in [0.2, 0.25) is 0 Å². The summed E-state index contributed by atoms with van der Waals surface area (Å²) in [7, 11) is -10.8. The van der Waals surface area contributed by atoms with E-state index in [1.54, 1.807) is 48.2 Å². The summed E-state index contributed by atoms with van der Waals surface area (Å²) in [6.07, 6.45) is 1.16. The lowest BCUT2D eigenvalue weighted by molar-refractivity contribution is -0.143. The number of carbonyl (C=O) groups is 3. The maximum atomic E-state index is 12.4. The summed E-state index contributed by atoms with van der Waals surface area (Å²) in [5.74, 6) is -0.443. The number of esters is 1. The Morgan fingerprint density at radius 2 is 1.16 bits per heavy atom. The molecule has 2 aromatic rings.